The van der Waals surface area contributed by atoms with E-state index in [2.05, 4.69) is 18.7 Å². The Morgan fingerprint density at radius 2 is 1.58 bits per heavy atom. The van der Waals surface area contributed by atoms with E-state index in [1.54, 1.807) is 0 Å². The average Bonchev–Trinajstić information content (AvgIpc) is 2.79. The van der Waals surface area contributed by atoms with Gasteiger partial charge in [-0.15, -0.1) is 0 Å². The summed E-state index contributed by atoms with van der Waals surface area (Å²) in [5.41, 5.74) is 7.08. The van der Waals surface area contributed by atoms with Gasteiger partial charge in [0, 0.05) is 19.6 Å². The summed E-state index contributed by atoms with van der Waals surface area (Å²) in [6.07, 6.45) is 13.0. The van der Waals surface area contributed by atoms with Crippen LogP contribution >= 0.6 is 0 Å². The molecular weight excluding hydrogens is 232 g/mol. The average molecular weight is 266 g/mol. The lowest BCUT2D eigenvalue weighted by molar-refractivity contribution is 0.0649. The van der Waals surface area contributed by atoms with Gasteiger partial charge in [0.1, 0.15) is 0 Å². The van der Waals surface area contributed by atoms with Crippen LogP contribution in [0.2, 0.25) is 0 Å². The van der Waals surface area contributed by atoms with E-state index in [9.17, 15) is 0 Å². The van der Waals surface area contributed by atoms with Gasteiger partial charge in [0.2, 0.25) is 0 Å². The Bertz CT molecular complexity index is 258. The first-order valence-corrected chi connectivity index (χ1v) is 8.60. The number of nitrogens with two attached hydrogens (primary N) is 1. The molecule has 0 unspecified atom stereocenters. The summed E-state index contributed by atoms with van der Waals surface area (Å²) in [5, 5.41) is 0. The highest BCUT2D eigenvalue weighted by Gasteiger charge is 2.44. The molecule has 1 aliphatic heterocycles. The van der Waals surface area contributed by atoms with Crippen LogP contribution in [0.5, 0.6) is 0 Å². The van der Waals surface area contributed by atoms with E-state index in [1.807, 2.05) is 0 Å². The van der Waals surface area contributed by atoms with Gasteiger partial charge in [-0.05, 0) is 62.3 Å². The van der Waals surface area contributed by atoms with Gasteiger partial charge in [0.15, 0.2) is 0 Å². The van der Waals surface area contributed by atoms with Gasteiger partial charge < -0.3 is 10.6 Å². The summed E-state index contributed by atoms with van der Waals surface area (Å²) in [4.78, 5) is 2.60. The second kappa shape index (κ2) is 6.58. The molecule has 0 radical (unpaired) electrons. The lowest BCUT2D eigenvalue weighted by Gasteiger charge is -2.45. The van der Waals surface area contributed by atoms with Crippen molar-refractivity contribution in [2.75, 3.05) is 26.2 Å². The maximum absolute atomic E-state index is 5.71. The molecule has 1 spiro atoms. The molecule has 0 aromatic rings. The summed E-state index contributed by atoms with van der Waals surface area (Å²) in [6, 6.07) is 0. The number of rotatable bonds is 6. The molecule has 1 heterocycles. The minimum Gasteiger partial charge on any atom is -0.329 e. The summed E-state index contributed by atoms with van der Waals surface area (Å²) < 4.78 is 0. The SMILES string of the molecule is CCCC1(CCC)CCC2(CCN(CCN)C2)CC1. The highest BCUT2D eigenvalue weighted by Crippen LogP contribution is 2.53. The van der Waals surface area contributed by atoms with E-state index in [0.29, 0.717) is 10.8 Å². The summed E-state index contributed by atoms with van der Waals surface area (Å²) in [5.74, 6) is 0. The molecule has 1 saturated heterocycles. The van der Waals surface area contributed by atoms with Crippen molar-refractivity contribution >= 4 is 0 Å². The summed E-state index contributed by atoms with van der Waals surface area (Å²) in [6.45, 7) is 9.29. The maximum Gasteiger partial charge on any atom is 0.0105 e. The number of hydrogen-bond acceptors (Lipinski definition) is 2. The molecule has 112 valence electrons. The fourth-order valence-corrected chi connectivity index (χ4v) is 4.81. The van der Waals surface area contributed by atoms with Crippen LogP contribution in [0.15, 0.2) is 0 Å². The van der Waals surface area contributed by atoms with Gasteiger partial charge in [0.05, 0.1) is 0 Å². The standard InChI is InChI=1S/C17H34N2/c1-3-5-16(6-4-2)7-9-17(10-8-16)11-13-19(15-17)14-12-18/h3-15,18H2,1-2H3. The Morgan fingerprint density at radius 1 is 0.947 bits per heavy atom. The monoisotopic (exact) mass is 266 g/mol. The zero-order valence-electron chi connectivity index (χ0n) is 13.2. The lowest BCUT2D eigenvalue weighted by atomic mass is 9.60. The normalized spacial score (nSPS) is 26.1. The van der Waals surface area contributed by atoms with Crippen LogP contribution in [-0.4, -0.2) is 31.1 Å². The highest BCUT2D eigenvalue weighted by molar-refractivity contribution is 4.97. The summed E-state index contributed by atoms with van der Waals surface area (Å²) in [7, 11) is 0. The van der Waals surface area contributed by atoms with Gasteiger partial charge in [-0.1, -0.05) is 26.7 Å². The van der Waals surface area contributed by atoms with E-state index >= 15 is 0 Å². The molecule has 2 nitrogen and oxygen atoms in total. The van der Waals surface area contributed by atoms with Gasteiger partial charge in [0.25, 0.3) is 0 Å². The van der Waals surface area contributed by atoms with Crippen molar-refractivity contribution < 1.29 is 0 Å². The molecule has 1 aliphatic carbocycles. The van der Waals surface area contributed by atoms with Crippen molar-refractivity contribution in [2.45, 2.75) is 71.6 Å². The third-order valence-corrected chi connectivity index (χ3v) is 5.89. The number of nitrogens with zero attached hydrogens (tertiary/aromatic N) is 1. The first-order valence-electron chi connectivity index (χ1n) is 8.60. The third kappa shape index (κ3) is 3.52. The predicted molar refractivity (Wildman–Crippen MR) is 83.3 cm³/mol. The van der Waals surface area contributed by atoms with Crippen LogP contribution in [-0.2, 0) is 0 Å². The number of hydrogen-bond donors (Lipinski definition) is 1. The Kier molecular flexibility index (Phi) is 5.30. The van der Waals surface area contributed by atoms with Crippen molar-refractivity contribution in [1.82, 2.24) is 4.90 Å². The van der Waals surface area contributed by atoms with Crippen molar-refractivity contribution in [3.8, 4) is 0 Å². The molecular formula is C17H34N2. The Morgan fingerprint density at radius 3 is 2.11 bits per heavy atom. The van der Waals surface area contributed by atoms with Crippen LogP contribution in [0.4, 0.5) is 0 Å². The second-order valence-corrected chi connectivity index (χ2v) is 7.31. The zero-order valence-corrected chi connectivity index (χ0v) is 13.2. The molecule has 0 aromatic carbocycles. The molecule has 2 heteroatoms. The second-order valence-electron chi connectivity index (χ2n) is 7.31. The van der Waals surface area contributed by atoms with E-state index in [1.165, 1.54) is 70.9 Å². The smallest absolute Gasteiger partial charge is 0.0105 e. The fraction of sp³-hybridized carbons (Fsp3) is 1.00. The van der Waals surface area contributed by atoms with Crippen LogP contribution in [0.3, 0.4) is 0 Å². The fourth-order valence-electron chi connectivity index (χ4n) is 4.81. The van der Waals surface area contributed by atoms with Crippen molar-refractivity contribution in [2.24, 2.45) is 16.6 Å². The lowest BCUT2D eigenvalue weighted by Crippen LogP contribution is -2.37. The molecule has 19 heavy (non-hydrogen) atoms. The Labute approximate surface area is 120 Å². The third-order valence-electron chi connectivity index (χ3n) is 5.89. The first-order chi connectivity index (χ1) is 9.17. The molecule has 0 amide bonds. The molecule has 2 fully saturated rings. The quantitative estimate of drug-likeness (QED) is 0.792. The van der Waals surface area contributed by atoms with E-state index in [-0.39, 0.29) is 0 Å². The Hall–Kier alpha value is -0.0800. The largest absolute Gasteiger partial charge is 0.329 e. The molecule has 0 aromatic heterocycles. The van der Waals surface area contributed by atoms with Crippen LogP contribution < -0.4 is 5.73 Å². The minimum absolute atomic E-state index is 0.667. The topological polar surface area (TPSA) is 29.3 Å². The van der Waals surface area contributed by atoms with Crippen LogP contribution in [0.25, 0.3) is 0 Å². The molecule has 0 bridgehead atoms. The van der Waals surface area contributed by atoms with Gasteiger partial charge in [-0.2, -0.15) is 0 Å². The van der Waals surface area contributed by atoms with Gasteiger partial charge >= 0.3 is 0 Å². The van der Waals surface area contributed by atoms with Crippen molar-refractivity contribution in [3.63, 3.8) is 0 Å². The van der Waals surface area contributed by atoms with Crippen molar-refractivity contribution in [1.29, 1.82) is 0 Å². The maximum atomic E-state index is 5.71. The van der Waals surface area contributed by atoms with Gasteiger partial charge in [-0.25, -0.2) is 0 Å². The van der Waals surface area contributed by atoms with Gasteiger partial charge in [-0.3, -0.25) is 0 Å². The first kappa shape index (κ1) is 15.3. The minimum atomic E-state index is 0.667. The predicted octanol–water partition coefficient (Wildman–Crippen LogP) is 3.80. The Balaban J connectivity index is 1.90. The van der Waals surface area contributed by atoms with E-state index in [0.717, 1.165) is 13.1 Å². The molecule has 2 aliphatic rings. The zero-order chi connectivity index (χ0) is 13.8. The van der Waals surface area contributed by atoms with E-state index < -0.39 is 0 Å². The van der Waals surface area contributed by atoms with Crippen LogP contribution in [0, 0.1) is 10.8 Å². The summed E-state index contributed by atoms with van der Waals surface area (Å²) >= 11 is 0. The molecule has 1 saturated carbocycles. The molecule has 2 rings (SSSR count). The number of likely N-dealkylation sites (tertiary alicyclic amines) is 1. The molecule has 2 N–H and O–H groups in total. The van der Waals surface area contributed by atoms with Crippen LogP contribution in [0.1, 0.15) is 71.6 Å². The highest BCUT2D eigenvalue weighted by atomic mass is 15.2. The van der Waals surface area contributed by atoms with E-state index in [4.69, 9.17) is 5.73 Å². The van der Waals surface area contributed by atoms with Crippen molar-refractivity contribution in [3.05, 3.63) is 0 Å². The molecule has 0 atom stereocenters.